The molecule has 5 nitrogen and oxygen atoms in total. The lowest BCUT2D eigenvalue weighted by atomic mass is 9.79. The van der Waals surface area contributed by atoms with Crippen molar-refractivity contribution in [3.05, 3.63) is 0 Å². The summed E-state index contributed by atoms with van der Waals surface area (Å²) in [4.78, 5) is 26.6. The van der Waals surface area contributed by atoms with Crippen LogP contribution in [0, 0.1) is 5.92 Å². The van der Waals surface area contributed by atoms with Gasteiger partial charge in [0.05, 0.1) is 6.54 Å². The number of hydrogen-bond donors (Lipinski definition) is 1. The Bertz CT molecular complexity index is 385. The summed E-state index contributed by atoms with van der Waals surface area (Å²) in [5.74, 6) is 0.654. The summed E-state index contributed by atoms with van der Waals surface area (Å²) in [6.07, 6.45) is 6.86. The van der Waals surface area contributed by atoms with E-state index in [0.29, 0.717) is 5.92 Å². The number of piperazine rings is 1. The third-order valence-corrected chi connectivity index (χ3v) is 4.94. The third-order valence-electron chi connectivity index (χ3n) is 4.94. The molecular formula is C15H24N2O3. The molecule has 3 rings (SSSR count). The van der Waals surface area contributed by atoms with Crippen molar-refractivity contribution in [3.8, 4) is 0 Å². The van der Waals surface area contributed by atoms with E-state index >= 15 is 0 Å². The zero-order valence-corrected chi connectivity index (χ0v) is 12.0. The Labute approximate surface area is 120 Å². The molecule has 0 aromatic heterocycles. The second kappa shape index (κ2) is 5.72. The van der Waals surface area contributed by atoms with Crippen molar-refractivity contribution >= 4 is 11.8 Å². The summed E-state index contributed by atoms with van der Waals surface area (Å²) >= 11 is 0. The summed E-state index contributed by atoms with van der Waals surface area (Å²) in [6.45, 7) is 2.52. The largest absolute Gasteiger partial charge is 0.381 e. The summed E-state index contributed by atoms with van der Waals surface area (Å²) in [6, 6.07) is 0. The van der Waals surface area contributed by atoms with Crippen LogP contribution in [0.1, 0.15) is 44.9 Å². The first-order valence-corrected chi connectivity index (χ1v) is 7.88. The van der Waals surface area contributed by atoms with Crippen molar-refractivity contribution in [2.75, 3.05) is 26.3 Å². The SMILES string of the molecule is O=C1CN(CC2CCOCC2)C(=O)C2(CCCCC2)N1. The highest BCUT2D eigenvalue weighted by atomic mass is 16.5. The highest BCUT2D eigenvalue weighted by molar-refractivity contribution is 5.98. The maximum Gasteiger partial charge on any atom is 0.248 e. The number of hydrogen-bond acceptors (Lipinski definition) is 3. The molecule has 2 heterocycles. The first kappa shape index (κ1) is 13.9. The Kier molecular flexibility index (Phi) is 3.96. The van der Waals surface area contributed by atoms with Crippen molar-refractivity contribution in [1.29, 1.82) is 0 Å². The molecule has 0 unspecified atom stereocenters. The average Bonchev–Trinajstić information content (AvgIpc) is 2.46. The Balaban J connectivity index is 1.69. The monoisotopic (exact) mass is 280 g/mol. The molecule has 3 aliphatic rings. The van der Waals surface area contributed by atoms with Gasteiger partial charge >= 0.3 is 0 Å². The summed E-state index contributed by atoms with van der Waals surface area (Å²) in [7, 11) is 0. The van der Waals surface area contributed by atoms with Gasteiger partial charge in [0.15, 0.2) is 0 Å². The molecule has 1 N–H and O–H groups in total. The van der Waals surface area contributed by atoms with Crippen LogP contribution < -0.4 is 5.32 Å². The van der Waals surface area contributed by atoms with E-state index in [1.54, 1.807) is 4.90 Å². The first-order chi connectivity index (χ1) is 9.70. The Morgan fingerprint density at radius 2 is 1.85 bits per heavy atom. The predicted octanol–water partition coefficient (Wildman–Crippen LogP) is 1.07. The van der Waals surface area contributed by atoms with Crippen LogP contribution in [0.25, 0.3) is 0 Å². The lowest BCUT2D eigenvalue weighted by molar-refractivity contribution is -0.152. The Hall–Kier alpha value is -1.10. The van der Waals surface area contributed by atoms with Crippen molar-refractivity contribution in [2.45, 2.75) is 50.5 Å². The molecule has 2 aliphatic heterocycles. The standard InChI is InChI=1S/C15H24N2O3/c18-13-11-17(10-12-4-8-20-9-5-12)14(19)15(16-13)6-2-1-3-7-15/h12H,1-11H2,(H,16,18). The number of nitrogens with one attached hydrogen (secondary N) is 1. The maximum absolute atomic E-state index is 12.8. The molecule has 1 spiro atoms. The van der Waals surface area contributed by atoms with Gasteiger partial charge in [0, 0.05) is 19.8 Å². The van der Waals surface area contributed by atoms with Gasteiger partial charge < -0.3 is 15.0 Å². The van der Waals surface area contributed by atoms with Gasteiger partial charge in [-0.05, 0) is 31.6 Å². The van der Waals surface area contributed by atoms with Crippen LogP contribution in [0.2, 0.25) is 0 Å². The minimum Gasteiger partial charge on any atom is -0.381 e. The lowest BCUT2D eigenvalue weighted by Gasteiger charge is -2.45. The van der Waals surface area contributed by atoms with Crippen molar-refractivity contribution < 1.29 is 14.3 Å². The van der Waals surface area contributed by atoms with Crippen LogP contribution in [-0.2, 0) is 14.3 Å². The van der Waals surface area contributed by atoms with Gasteiger partial charge in [-0.2, -0.15) is 0 Å². The van der Waals surface area contributed by atoms with Crippen molar-refractivity contribution in [3.63, 3.8) is 0 Å². The van der Waals surface area contributed by atoms with E-state index in [1.165, 1.54) is 6.42 Å². The van der Waals surface area contributed by atoms with Gasteiger partial charge in [0.1, 0.15) is 5.54 Å². The number of ether oxygens (including phenoxy) is 1. The number of rotatable bonds is 2. The van der Waals surface area contributed by atoms with Gasteiger partial charge in [0.25, 0.3) is 0 Å². The highest BCUT2D eigenvalue weighted by Crippen LogP contribution is 2.32. The van der Waals surface area contributed by atoms with E-state index in [1.807, 2.05) is 0 Å². The molecular weight excluding hydrogens is 256 g/mol. The van der Waals surface area contributed by atoms with Gasteiger partial charge in [-0.1, -0.05) is 19.3 Å². The van der Waals surface area contributed by atoms with Gasteiger partial charge in [0.2, 0.25) is 11.8 Å². The second-order valence-corrected chi connectivity index (χ2v) is 6.43. The Morgan fingerprint density at radius 1 is 1.15 bits per heavy atom. The number of nitrogens with zero attached hydrogens (tertiary/aromatic N) is 1. The van der Waals surface area contributed by atoms with E-state index in [-0.39, 0.29) is 18.4 Å². The summed E-state index contributed by atoms with van der Waals surface area (Å²) in [5.41, 5.74) is -0.585. The molecule has 20 heavy (non-hydrogen) atoms. The van der Waals surface area contributed by atoms with E-state index < -0.39 is 5.54 Å². The van der Waals surface area contributed by atoms with E-state index in [0.717, 1.165) is 58.3 Å². The van der Waals surface area contributed by atoms with Gasteiger partial charge in [-0.3, -0.25) is 9.59 Å². The van der Waals surface area contributed by atoms with Crippen LogP contribution in [0.3, 0.4) is 0 Å². The van der Waals surface area contributed by atoms with Gasteiger partial charge in [-0.15, -0.1) is 0 Å². The minimum atomic E-state index is -0.585. The second-order valence-electron chi connectivity index (χ2n) is 6.43. The van der Waals surface area contributed by atoms with Crippen molar-refractivity contribution in [1.82, 2.24) is 10.2 Å². The topological polar surface area (TPSA) is 58.6 Å². The van der Waals surface area contributed by atoms with Crippen LogP contribution in [-0.4, -0.2) is 48.6 Å². The van der Waals surface area contributed by atoms with E-state index in [9.17, 15) is 9.59 Å². The minimum absolute atomic E-state index is 0.0126. The van der Waals surface area contributed by atoms with E-state index in [4.69, 9.17) is 4.74 Å². The highest BCUT2D eigenvalue weighted by Gasteiger charge is 2.47. The molecule has 5 heteroatoms. The summed E-state index contributed by atoms with van der Waals surface area (Å²) < 4.78 is 5.36. The number of carbonyl (C=O) groups excluding carboxylic acids is 2. The lowest BCUT2D eigenvalue weighted by Crippen LogP contribution is -2.67. The molecule has 0 bridgehead atoms. The molecule has 0 aromatic rings. The zero-order chi connectivity index (χ0) is 14.0. The average molecular weight is 280 g/mol. The Morgan fingerprint density at radius 3 is 2.55 bits per heavy atom. The van der Waals surface area contributed by atoms with Crippen LogP contribution in [0.15, 0.2) is 0 Å². The first-order valence-electron chi connectivity index (χ1n) is 7.88. The molecule has 0 aromatic carbocycles. The van der Waals surface area contributed by atoms with Crippen LogP contribution in [0.5, 0.6) is 0 Å². The molecule has 1 aliphatic carbocycles. The fourth-order valence-corrected chi connectivity index (χ4v) is 3.79. The normalized spacial score (nSPS) is 27.7. The molecule has 2 saturated heterocycles. The smallest absolute Gasteiger partial charge is 0.248 e. The summed E-state index contributed by atoms with van der Waals surface area (Å²) in [5, 5.41) is 2.99. The number of carbonyl (C=O) groups is 2. The number of amides is 2. The molecule has 1 saturated carbocycles. The molecule has 3 fully saturated rings. The van der Waals surface area contributed by atoms with Gasteiger partial charge in [-0.25, -0.2) is 0 Å². The molecule has 2 amide bonds. The fourth-order valence-electron chi connectivity index (χ4n) is 3.79. The molecule has 112 valence electrons. The van der Waals surface area contributed by atoms with Crippen LogP contribution >= 0.6 is 0 Å². The van der Waals surface area contributed by atoms with Crippen molar-refractivity contribution in [2.24, 2.45) is 5.92 Å². The molecule has 0 radical (unpaired) electrons. The fraction of sp³-hybridized carbons (Fsp3) is 0.867. The maximum atomic E-state index is 12.8. The van der Waals surface area contributed by atoms with Crippen LogP contribution in [0.4, 0.5) is 0 Å². The predicted molar refractivity (Wildman–Crippen MR) is 74.1 cm³/mol. The third kappa shape index (κ3) is 2.68. The quantitative estimate of drug-likeness (QED) is 0.823. The zero-order valence-electron chi connectivity index (χ0n) is 12.0. The molecule has 0 atom stereocenters. The van der Waals surface area contributed by atoms with E-state index in [2.05, 4.69) is 5.32 Å².